The largest absolute Gasteiger partial charge is 0.378 e. The lowest BCUT2D eigenvalue weighted by molar-refractivity contribution is 0.122. The average Bonchev–Trinajstić information content (AvgIpc) is 3.07. The fourth-order valence-electron chi connectivity index (χ4n) is 3.57. The number of hydrogen-bond acceptors (Lipinski definition) is 3. The molecule has 5 rings (SSSR count). The van der Waals surface area contributed by atoms with Gasteiger partial charge in [0.15, 0.2) is 5.82 Å². The summed E-state index contributed by atoms with van der Waals surface area (Å²) in [5.41, 5.74) is 4.50. The number of hydrogen-bond donors (Lipinski definition) is 0. The number of nitrogens with zero attached hydrogens (tertiary/aromatic N) is 3. The molecule has 0 bridgehead atoms. The van der Waals surface area contributed by atoms with E-state index < -0.39 is 0 Å². The van der Waals surface area contributed by atoms with E-state index in [9.17, 15) is 0 Å². The topological polar surface area (TPSA) is 29.8 Å². The van der Waals surface area contributed by atoms with Gasteiger partial charge in [-0.15, -0.1) is 0 Å². The lowest BCUT2D eigenvalue weighted by Gasteiger charge is -2.28. The molecule has 1 aliphatic heterocycles. The molecule has 25 heavy (non-hydrogen) atoms. The number of benzene rings is 2. The minimum Gasteiger partial charge on any atom is -0.378 e. The number of rotatable bonds is 2. The van der Waals surface area contributed by atoms with E-state index in [1.807, 2.05) is 6.07 Å². The SMILES string of the molecule is c1ccc(-c2cn3c(cc4ccccc43)c(N3CCOCC3)n2)cc1. The molecule has 0 aliphatic carbocycles. The predicted molar refractivity (Wildman–Crippen MR) is 101 cm³/mol. The molecule has 3 heterocycles. The highest BCUT2D eigenvalue weighted by atomic mass is 16.5. The molecular weight excluding hydrogens is 310 g/mol. The van der Waals surface area contributed by atoms with Gasteiger partial charge in [-0.3, -0.25) is 0 Å². The molecule has 4 heteroatoms. The van der Waals surface area contributed by atoms with E-state index >= 15 is 0 Å². The summed E-state index contributed by atoms with van der Waals surface area (Å²) in [6.07, 6.45) is 2.15. The highest BCUT2D eigenvalue weighted by molar-refractivity contribution is 5.92. The van der Waals surface area contributed by atoms with Gasteiger partial charge in [-0.1, -0.05) is 48.5 Å². The lowest BCUT2D eigenvalue weighted by Crippen LogP contribution is -2.37. The van der Waals surface area contributed by atoms with E-state index in [1.165, 1.54) is 10.9 Å². The van der Waals surface area contributed by atoms with Crippen molar-refractivity contribution in [3.63, 3.8) is 0 Å². The Kier molecular flexibility index (Phi) is 3.42. The second-order valence-corrected chi connectivity index (χ2v) is 6.37. The van der Waals surface area contributed by atoms with Crippen LogP contribution in [0.4, 0.5) is 5.82 Å². The van der Waals surface area contributed by atoms with Gasteiger partial charge in [-0.25, -0.2) is 4.98 Å². The minimum atomic E-state index is 0.754. The summed E-state index contributed by atoms with van der Waals surface area (Å²) in [6, 6.07) is 21.1. The number of fused-ring (bicyclic) bond motifs is 3. The van der Waals surface area contributed by atoms with Crippen molar-refractivity contribution in [3.8, 4) is 11.3 Å². The first kappa shape index (κ1) is 14.5. The Bertz CT molecular complexity index is 1030. The molecule has 0 atom stereocenters. The van der Waals surface area contributed by atoms with Gasteiger partial charge in [0, 0.05) is 30.2 Å². The van der Waals surface area contributed by atoms with Gasteiger partial charge < -0.3 is 14.0 Å². The van der Waals surface area contributed by atoms with Crippen LogP contribution in [0.25, 0.3) is 27.7 Å². The molecule has 1 saturated heterocycles. The van der Waals surface area contributed by atoms with Gasteiger partial charge >= 0.3 is 0 Å². The van der Waals surface area contributed by atoms with E-state index in [4.69, 9.17) is 9.72 Å². The molecule has 1 aliphatic rings. The third-order valence-electron chi connectivity index (χ3n) is 4.84. The Labute approximate surface area is 146 Å². The van der Waals surface area contributed by atoms with Crippen molar-refractivity contribution in [2.45, 2.75) is 0 Å². The van der Waals surface area contributed by atoms with Crippen LogP contribution in [0.15, 0.2) is 66.9 Å². The van der Waals surface area contributed by atoms with Crippen molar-refractivity contribution >= 4 is 22.2 Å². The maximum absolute atomic E-state index is 5.53. The Morgan fingerprint density at radius 2 is 1.60 bits per heavy atom. The summed E-state index contributed by atoms with van der Waals surface area (Å²) < 4.78 is 7.80. The molecule has 0 radical (unpaired) electrons. The highest BCUT2D eigenvalue weighted by Crippen LogP contribution is 2.30. The van der Waals surface area contributed by atoms with Crippen LogP contribution in [-0.2, 0) is 4.74 Å². The highest BCUT2D eigenvalue weighted by Gasteiger charge is 2.18. The summed E-state index contributed by atoms with van der Waals surface area (Å²) in [5, 5.41) is 1.24. The molecule has 4 nitrogen and oxygen atoms in total. The van der Waals surface area contributed by atoms with Crippen molar-refractivity contribution in [2.24, 2.45) is 0 Å². The first-order valence-electron chi connectivity index (χ1n) is 8.69. The average molecular weight is 329 g/mol. The fraction of sp³-hybridized carbons (Fsp3) is 0.190. The Morgan fingerprint density at radius 3 is 2.44 bits per heavy atom. The Balaban J connectivity index is 1.80. The maximum Gasteiger partial charge on any atom is 0.153 e. The Hall–Kier alpha value is -2.85. The number of morpholine rings is 1. The molecule has 0 amide bonds. The van der Waals surface area contributed by atoms with Crippen molar-refractivity contribution in [2.75, 3.05) is 31.2 Å². The van der Waals surface area contributed by atoms with Gasteiger partial charge in [0.25, 0.3) is 0 Å². The summed E-state index contributed by atoms with van der Waals surface area (Å²) in [7, 11) is 0. The van der Waals surface area contributed by atoms with Crippen LogP contribution in [0.2, 0.25) is 0 Å². The maximum atomic E-state index is 5.53. The molecule has 2 aromatic heterocycles. The zero-order chi connectivity index (χ0) is 16.6. The lowest BCUT2D eigenvalue weighted by atomic mass is 10.1. The molecular formula is C21H19N3O. The normalized spacial score (nSPS) is 15.1. The van der Waals surface area contributed by atoms with E-state index in [1.54, 1.807) is 0 Å². The van der Waals surface area contributed by atoms with E-state index in [-0.39, 0.29) is 0 Å². The zero-order valence-electron chi connectivity index (χ0n) is 13.9. The van der Waals surface area contributed by atoms with Crippen LogP contribution in [0.1, 0.15) is 0 Å². The summed E-state index contributed by atoms with van der Waals surface area (Å²) in [5.74, 6) is 1.04. The number of aromatic nitrogens is 2. The number of ether oxygens (including phenoxy) is 1. The molecule has 0 spiro atoms. The zero-order valence-corrected chi connectivity index (χ0v) is 13.9. The van der Waals surface area contributed by atoms with Crippen LogP contribution < -0.4 is 4.90 Å². The van der Waals surface area contributed by atoms with E-state index in [2.05, 4.69) is 70.1 Å². The monoisotopic (exact) mass is 329 g/mol. The summed E-state index contributed by atoms with van der Waals surface area (Å²) in [4.78, 5) is 7.38. The molecule has 0 unspecified atom stereocenters. The van der Waals surface area contributed by atoms with Gasteiger partial charge in [0.1, 0.15) is 0 Å². The second-order valence-electron chi connectivity index (χ2n) is 6.37. The Morgan fingerprint density at radius 1 is 0.840 bits per heavy atom. The van der Waals surface area contributed by atoms with Crippen LogP contribution in [-0.4, -0.2) is 35.7 Å². The van der Waals surface area contributed by atoms with Gasteiger partial charge in [0.2, 0.25) is 0 Å². The molecule has 4 aromatic rings. The van der Waals surface area contributed by atoms with E-state index in [0.29, 0.717) is 0 Å². The molecule has 0 saturated carbocycles. The first-order valence-corrected chi connectivity index (χ1v) is 8.69. The standard InChI is InChI=1S/C21H19N3O/c1-2-6-16(7-3-1)18-15-24-19-9-5-4-8-17(19)14-20(24)21(22-18)23-10-12-25-13-11-23/h1-9,14-15H,10-13H2. The van der Waals surface area contributed by atoms with Gasteiger partial charge in [-0.05, 0) is 12.1 Å². The fourth-order valence-corrected chi connectivity index (χ4v) is 3.57. The van der Waals surface area contributed by atoms with Crippen molar-refractivity contribution in [1.82, 2.24) is 9.38 Å². The molecule has 1 fully saturated rings. The molecule has 2 aromatic carbocycles. The van der Waals surface area contributed by atoms with Crippen molar-refractivity contribution in [1.29, 1.82) is 0 Å². The van der Waals surface area contributed by atoms with E-state index in [0.717, 1.165) is 48.9 Å². The van der Waals surface area contributed by atoms with Crippen LogP contribution >= 0.6 is 0 Å². The van der Waals surface area contributed by atoms with Crippen LogP contribution in [0.5, 0.6) is 0 Å². The summed E-state index contributed by atoms with van der Waals surface area (Å²) in [6.45, 7) is 3.26. The van der Waals surface area contributed by atoms with Gasteiger partial charge in [0.05, 0.1) is 29.9 Å². The third kappa shape index (κ3) is 2.46. The first-order chi connectivity index (χ1) is 12.4. The minimum absolute atomic E-state index is 0.754. The van der Waals surface area contributed by atoms with Crippen molar-refractivity contribution in [3.05, 3.63) is 66.9 Å². The molecule has 124 valence electrons. The summed E-state index contributed by atoms with van der Waals surface area (Å²) >= 11 is 0. The second kappa shape index (κ2) is 5.90. The molecule has 0 N–H and O–H groups in total. The predicted octanol–water partition coefficient (Wildman–Crippen LogP) is 3.99. The number of para-hydroxylation sites is 1. The smallest absolute Gasteiger partial charge is 0.153 e. The van der Waals surface area contributed by atoms with Crippen LogP contribution in [0, 0.1) is 0 Å². The van der Waals surface area contributed by atoms with Crippen molar-refractivity contribution < 1.29 is 4.74 Å². The third-order valence-corrected chi connectivity index (χ3v) is 4.84. The van der Waals surface area contributed by atoms with Gasteiger partial charge in [-0.2, -0.15) is 0 Å². The number of anilines is 1. The quantitative estimate of drug-likeness (QED) is 0.557. The van der Waals surface area contributed by atoms with Crippen LogP contribution in [0.3, 0.4) is 0 Å².